The van der Waals surface area contributed by atoms with Gasteiger partial charge in [-0.2, -0.15) is 11.3 Å². The Morgan fingerprint density at radius 2 is 2.24 bits per heavy atom. The normalized spacial score (nSPS) is 12.8. The summed E-state index contributed by atoms with van der Waals surface area (Å²) in [5.41, 5.74) is 1.41. The Labute approximate surface area is 108 Å². The number of methoxy groups -OCH3 is 1. The van der Waals surface area contributed by atoms with Gasteiger partial charge in [0.1, 0.15) is 0 Å². The summed E-state index contributed by atoms with van der Waals surface area (Å²) in [5, 5.41) is 7.79. The van der Waals surface area contributed by atoms with Crippen molar-refractivity contribution in [1.82, 2.24) is 5.32 Å². The van der Waals surface area contributed by atoms with Crippen LogP contribution >= 0.6 is 11.3 Å². The van der Waals surface area contributed by atoms with Crippen LogP contribution in [0.25, 0.3) is 0 Å². The maximum absolute atomic E-state index is 5.48. The average molecular weight is 257 g/mol. The van der Waals surface area contributed by atoms with Crippen molar-refractivity contribution >= 4 is 11.3 Å². The van der Waals surface area contributed by atoms with E-state index in [1.807, 2.05) is 0 Å². The van der Waals surface area contributed by atoms with Crippen LogP contribution in [-0.2, 0) is 15.9 Å². The lowest BCUT2D eigenvalue weighted by Crippen LogP contribution is -2.31. The minimum atomic E-state index is 0.507. The summed E-state index contributed by atoms with van der Waals surface area (Å²) >= 11 is 1.76. The molecule has 0 aromatic carbocycles. The Hall–Kier alpha value is -0.420. The van der Waals surface area contributed by atoms with Gasteiger partial charge in [0, 0.05) is 32.9 Å². The minimum Gasteiger partial charge on any atom is -0.385 e. The molecule has 1 rings (SSSR count). The highest BCUT2D eigenvalue weighted by Crippen LogP contribution is 2.08. The molecule has 0 amide bonds. The molecule has 0 aliphatic heterocycles. The third-order valence-electron chi connectivity index (χ3n) is 2.50. The number of rotatable bonds is 10. The van der Waals surface area contributed by atoms with E-state index in [1.165, 1.54) is 5.56 Å². The lowest BCUT2D eigenvalue weighted by atomic mass is 10.1. The molecule has 0 radical (unpaired) electrons. The van der Waals surface area contributed by atoms with E-state index in [1.54, 1.807) is 18.4 Å². The summed E-state index contributed by atoms with van der Waals surface area (Å²) in [7, 11) is 1.72. The molecule has 1 heterocycles. The van der Waals surface area contributed by atoms with Crippen LogP contribution in [0.5, 0.6) is 0 Å². The third-order valence-corrected chi connectivity index (χ3v) is 3.23. The maximum atomic E-state index is 5.48. The molecule has 0 spiro atoms. The van der Waals surface area contributed by atoms with Crippen molar-refractivity contribution in [3.05, 3.63) is 22.4 Å². The van der Waals surface area contributed by atoms with Crippen molar-refractivity contribution in [2.75, 3.05) is 33.5 Å². The Bertz CT molecular complexity index is 264. The van der Waals surface area contributed by atoms with Crippen LogP contribution in [0.3, 0.4) is 0 Å². The molecule has 0 aliphatic rings. The molecule has 0 aliphatic carbocycles. The summed E-state index contributed by atoms with van der Waals surface area (Å²) in [6.07, 6.45) is 2.06. The Morgan fingerprint density at radius 1 is 1.35 bits per heavy atom. The fourth-order valence-electron chi connectivity index (χ4n) is 1.62. The monoisotopic (exact) mass is 257 g/mol. The van der Waals surface area contributed by atoms with Crippen LogP contribution in [0.2, 0.25) is 0 Å². The minimum absolute atomic E-state index is 0.507. The van der Waals surface area contributed by atoms with Crippen molar-refractivity contribution in [3.63, 3.8) is 0 Å². The fraction of sp³-hybridized carbons (Fsp3) is 0.692. The van der Waals surface area contributed by atoms with Gasteiger partial charge in [0.15, 0.2) is 0 Å². The van der Waals surface area contributed by atoms with Crippen molar-refractivity contribution < 1.29 is 9.47 Å². The SMILES string of the molecule is COCCCOCCNC(C)Cc1ccsc1. The van der Waals surface area contributed by atoms with E-state index in [9.17, 15) is 0 Å². The molecule has 0 bridgehead atoms. The van der Waals surface area contributed by atoms with Crippen molar-refractivity contribution in [1.29, 1.82) is 0 Å². The summed E-state index contributed by atoms with van der Waals surface area (Å²) in [6.45, 7) is 5.47. The average Bonchev–Trinajstić information content (AvgIpc) is 2.80. The molecule has 17 heavy (non-hydrogen) atoms. The highest BCUT2D eigenvalue weighted by Gasteiger charge is 2.02. The largest absolute Gasteiger partial charge is 0.385 e. The molecule has 0 fully saturated rings. The van der Waals surface area contributed by atoms with Gasteiger partial charge in [-0.25, -0.2) is 0 Å². The van der Waals surface area contributed by atoms with Crippen LogP contribution in [-0.4, -0.2) is 39.5 Å². The van der Waals surface area contributed by atoms with Crippen LogP contribution in [0.15, 0.2) is 16.8 Å². The first kappa shape index (κ1) is 14.6. The molecular weight excluding hydrogens is 234 g/mol. The number of thiophene rings is 1. The van der Waals surface area contributed by atoms with E-state index in [2.05, 4.69) is 29.1 Å². The third kappa shape index (κ3) is 7.49. The standard InChI is InChI=1S/C13H23NO2S/c1-12(10-13-4-9-17-11-13)14-5-8-16-7-3-6-15-2/h4,9,11-12,14H,3,5-8,10H2,1-2H3. The van der Waals surface area contributed by atoms with Crippen LogP contribution < -0.4 is 5.32 Å². The van der Waals surface area contributed by atoms with Crippen LogP contribution in [0.1, 0.15) is 18.9 Å². The predicted molar refractivity (Wildman–Crippen MR) is 72.8 cm³/mol. The van der Waals surface area contributed by atoms with Gasteiger partial charge in [0.25, 0.3) is 0 Å². The zero-order valence-electron chi connectivity index (χ0n) is 10.8. The first-order valence-electron chi connectivity index (χ1n) is 6.14. The molecule has 1 unspecified atom stereocenters. The zero-order valence-corrected chi connectivity index (χ0v) is 11.6. The second-order valence-corrected chi connectivity index (χ2v) is 4.93. The number of nitrogens with one attached hydrogen (secondary N) is 1. The van der Waals surface area contributed by atoms with Gasteiger partial charge in [0.05, 0.1) is 6.61 Å². The first-order chi connectivity index (χ1) is 8.33. The second-order valence-electron chi connectivity index (χ2n) is 4.15. The summed E-state index contributed by atoms with van der Waals surface area (Å²) in [5.74, 6) is 0. The van der Waals surface area contributed by atoms with Gasteiger partial charge >= 0.3 is 0 Å². The quantitative estimate of drug-likeness (QED) is 0.653. The van der Waals surface area contributed by atoms with E-state index in [4.69, 9.17) is 9.47 Å². The van der Waals surface area contributed by atoms with Crippen molar-refractivity contribution in [3.8, 4) is 0 Å². The summed E-state index contributed by atoms with van der Waals surface area (Å²) < 4.78 is 10.4. The van der Waals surface area contributed by atoms with E-state index in [-0.39, 0.29) is 0 Å². The molecule has 0 saturated carbocycles. The van der Waals surface area contributed by atoms with Crippen molar-refractivity contribution in [2.24, 2.45) is 0 Å². The molecule has 1 aromatic rings. The van der Waals surface area contributed by atoms with Crippen molar-refractivity contribution in [2.45, 2.75) is 25.8 Å². The van der Waals surface area contributed by atoms with Gasteiger partial charge in [-0.1, -0.05) is 0 Å². The Balaban J connectivity index is 1.92. The van der Waals surface area contributed by atoms with Gasteiger partial charge in [-0.05, 0) is 42.2 Å². The molecule has 1 aromatic heterocycles. The van der Waals surface area contributed by atoms with E-state index < -0.39 is 0 Å². The molecule has 1 atom stereocenters. The molecule has 0 saturated heterocycles. The van der Waals surface area contributed by atoms with E-state index in [0.29, 0.717) is 6.04 Å². The lowest BCUT2D eigenvalue weighted by Gasteiger charge is -2.13. The van der Waals surface area contributed by atoms with Crippen LogP contribution in [0, 0.1) is 0 Å². The Morgan fingerprint density at radius 3 is 2.94 bits per heavy atom. The van der Waals surface area contributed by atoms with Gasteiger partial charge in [-0.3, -0.25) is 0 Å². The maximum Gasteiger partial charge on any atom is 0.0591 e. The molecule has 98 valence electrons. The molecule has 1 N–H and O–H groups in total. The highest BCUT2D eigenvalue weighted by molar-refractivity contribution is 7.07. The van der Waals surface area contributed by atoms with Gasteiger partial charge < -0.3 is 14.8 Å². The topological polar surface area (TPSA) is 30.5 Å². The first-order valence-corrected chi connectivity index (χ1v) is 7.08. The van der Waals surface area contributed by atoms with E-state index >= 15 is 0 Å². The van der Waals surface area contributed by atoms with E-state index in [0.717, 1.165) is 39.2 Å². The summed E-state index contributed by atoms with van der Waals surface area (Å²) in [6, 6.07) is 2.69. The number of hydrogen-bond acceptors (Lipinski definition) is 4. The Kier molecular flexibility index (Phi) is 8.26. The van der Waals surface area contributed by atoms with Gasteiger partial charge in [0.2, 0.25) is 0 Å². The zero-order chi connectivity index (χ0) is 12.3. The second kappa shape index (κ2) is 9.59. The predicted octanol–water partition coefficient (Wildman–Crippen LogP) is 2.32. The smallest absolute Gasteiger partial charge is 0.0591 e. The highest BCUT2D eigenvalue weighted by atomic mass is 32.1. The van der Waals surface area contributed by atoms with Crippen LogP contribution in [0.4, 0.5) is 0 Å². The molecular formula is C13H23NO2S. The molecule has 4 heteroatoms. The molecule has 3 nitrogen and oxygen atoms in total. The fourth-order valence-corrected chi connectivity index (χ4v) is 2.30. The lowest BCUT2D eigenvalue weighted by molar-refractivity contribution is 0.103. The van der Waals surface area contributed by atoms with Gasteiger partial charge in [-0.15, -0.1) is 0 Å². The number of ether oxygens (including phenoxy) is 2. The summed E-state index contributed by atoms with van der Waals surface area (Å²) in [4.78, 5) is 0. The number of hydrogen-bond donors (Lipinski definition) is 1.